The quantitative estimate of drug-likeness (QED) is 0.298. The number of likely N-dealkylation sites (N-methyl/N-ethyl adjacent to an activating group) is 1. The van der Waals surface area contributed by atoms with Crippen molar-refractivity contribution in [2.75, 3.05) is 39.8 Å². The predicted octanol–water partition coefficient (Wildman–Crippen LogP) is 3.98. The van der Waals surface area contributed by atoms with E-state index in [-0.39, 0.29) is 38.4 Å². The first-order valence-electron chi connectivity index (χ1n) is 13.6. The normalized spacial score (nSPS) is 13.5. The third kappa shape index (κ3) is 8.52. The monoisotopic (exact) mass is 561 g/mol. The lowest BCUT2D eigenvalue weighted by atomic mass is 10.0. The molecule has 0 unspecified atom stereocenters. The average molecular weight is 562 g/mol. The molecule has 10 heteroatoms. The fourth-order valence-corrected chi connectivity index (χ4v) is 4.66. The number of aliphatic carboxylic acids is 2. The van der Waals surface area contributed by atoms with E-state index in [9.17, 15) is 19.5 Å². The minimum atomic E-state index is -0.936. The molecule has 0 bridgehead atoms. The van der Waals surface area contributed by atoms with Gasteiger partial charge >= 0.3 is 11.9 Å². The van der Waals surface area contributed by atoms with Crippen molar-refractivity contribution in [1.29, 1.82) is 0 Å². The van der Waals surface area contributed by atoms with Crippen LogP contribution < -0.4 is 9.47 Å². The molecule has 1 aliphatic rings. The van der Waals surface area contributed by atoms with E-state index in [1.165, 1.54) is 0 Å². The number of hydrogen-bond donors (Lipinski definition) is 2. The van der Waals surface area contributed by atoms with Crippen LogP contribution in [0.5, 0.6) is 11.5 Å². The number of benzene rings is 2. The van der Waals surface area contributed by atoms with Gasteiger partial charge in [0.15, 0.2) is 0 Å². The van der Waals surface area contributed by atoms with Crippen LogP contribution in [0.3, 0.4) is 0 Å². The second kappa shape index (κ2) is 14.3. The minimum Gasteiger partial charge on any atom is -0.493 e. The Labute approximate surface area is 239 Å². The molecule has 41 heavy (non-hydrogen) atoms. The molecule has 0 aliphatic carbocycles. The zero-order valence-corrected chi connectivity index (χ0v) is 23.1. The van der Waals surface area contributed by atoms with Crippen molar-refractivity contribution in [1.82, 2.24) is 14.8 Å². The van der Waals surface area contributed by atoms with Crippen LogP contribution in [-0.4, -0.2) is 82.7 Å². The highest BCUT2D eigenvalue weighted by Gasteiger charge is 2.22. The van der Waals surface area contributed by atoms with Gasteiger partial charge in [0.2, 0.25) is 0 Å². The van der Waals surface area contributed by atoms with E-state index >= 15 is 0 Å². The van der Waals surface area contributed by atoms with E-state index in [2.05, 4.69) is 9.88 Å². The Bertz CT molecular complexity index is 1360. The van der Waals surface area contributed by atoms with E-state index in [1.807, 2.05) is 42.3 Å². The maximum absolute atomic E-state index is 13.5. The summed E-state index contributed by atoms with van der Waals surface area (Å²) < 4.78 is 12.1. The van der Waals surface area contributed by atoms with Gasteiger partial charge in [-0.25, -0.2) is 0 Å². The standard InChI is InChI=1S/C31H35N3O7/c1-33-12-14-34(15-13-33)31(39)25-17-24(22-6-3-11-32-20-22)18-26(19-25)41-21-23-5-2-7-28(27(23)9-10-30(37)38)40-16-4-8-29(35)36/h2-3,5-7,11,17-20H,4,8-10,12-16,21H2,1H3,(H,35,36)(H,37,38). The Morgan fingerprint density at radius 2 is 1.68 bits per heavy atom. The van der Waals surface area contributed by atoms with Gasteiger partial charge in [0, 0.05) is 68.1 Å². The van der Waals surface area contributed by atoms with Crippen LogP contribution in [-0.2, 0) is 22.6 Å². The number of amides is 1. The zero-order valence-electron chi connectivity index (χ0n) is 23.1. The Morgan fingerprint density at radius 1 is 0.902 bits per heavy atom. The number of carbonyl (C=O) groups excluding carboxylic acids is 1. The summed E-state index contributed by atoms with van der Waals surface area (Å²) in [5, 5.41) is 18.2. The Kier molecular flexibility index (Phi) is 10.3. The fourth-order valence-electron chi connectivity index (χ4n) is 4.66. The summed E-state index contributed by atoms with van der Waals surface area (Å²) in [6, 6.07) is 14.6. The number of ether oxygens (including phenoxy) is 2. The second-order valence-corrected chi connectivity index (χ2v) is 10.0. The molecule has 2 heterocycles. The minimum absolute atomic E-state index is 0.0181. The predicted molar refractivity (Wildman–Crippen MR) is 152 cm³/mol. The van der Waals surface area contributed by atoms with E-state index in [4.69, 9.17) is 14.6 Å². The summed E-state index contributed by atoms with van der Waals surface area (Å²) in [6.45, 7) is 3.24. The van der Waals surface area contributed by atoms with E-state index in [0.29, 0.717) is 42.1 Å². The summed E-state index contributed by atoms with van der Waals surface area (Å²) in [5.74, 6) is -0.893. The molecular formula is C31H35N3O7. The van der Waals surface area contributed by atoms with Crippen molar-refractivity contribution in [2.45, 2.75) is 32.3 Å². The fraction of sp³-hybridized carbons (Fsp3) is 0.355. The van der Waals surface area contributed by atoms with Crippen LogP contribution in [0, 0.1) is 0 Å². The largest absolute Gasteiger partial charge is 0.493 e. The maximum Gasteiger partial charge on any atom is 0.303 e. The zero-order chi connectivity index (χ0) is 29.2. The van der Waals surface area contributed by atoms with Crippen LogP contribution in [0.1, 0.15) is 40.7 Å². The van der Waals surface area contributed by atoms with Gasteiger partial charge in [0.25, 0.3) is 5.91 Å². The molecule has 1 aromatic heterocycles. The number of hydrogen-bond acceptors (Lipinski definition) is 7. The highest BCUT2D eigenvalue weighted by Crippen LogP contribution is 2.29. The summed E-state index contributed by atoms with van der Waals surface area (Å²) in [5.41, 5.74) is 3.62. The van der Waals surface area contributed by atoms with E-state index < -0.39 is 11.9 Å². The van der Waals surface area contributed by atoms with Gasteiger partial charge in [0.05, 0.1) is 6.61 Å². The molecule has 1 saturated heterocycles. The molecule has 1 aliphatic heterocycles. The van der Waals surface area contributed by atoms with Gasteiger partial charge in [-0.05, 0) is 61.3 Å². The molecule has 0 saturated carbocycles. The molecule has 0 spiro atoms. The van der Waals surface area contributed by atoms with Gasteiger partial charge < -0.3 is 29.5 Å². The van der Waals surface area contributed by atoms with Gasteiger partial charge in [-0.15, -0.1) is 0 Å². The molecular weight excluding hydrogens is 526 g/mol. The average Bonchev–Trinajstić information content (AvgIpc) is 2.97. The number of carboxylic acid groups (broad SMARTS) is 2. The number of nitrogens with zero attached hydrogens (tertiary/aromatic N) is 3. The highest BCUT2D eigenvalue weighted by molar-refractivity contribution is 5.96. The Morgan fingerprint density at radius 3 is 2.39 bits per heavy atom. The molecule has 2 N–H and O–H groups in total. The highest BCUT2D eigenvalue weighted by atomic mass is 16.5. The van der Waals surface area contributed by atoms with E-state index in [1.54, 1.807) is 30.6 Å². The molecule has 10 nitrogen and oxygen atoms in total. The number of rotatable bonds is 13. The molecule has 3 aromatic rings. The molecule has 2 aromatic carbocycles. The summed E-state index contributed by atoms with van der Waals surface area (Å²) >= 11 is 0. The number of pyridine rings is 1. The van der Waals surface area contributed by atoms with Crippen molar-refractivity contribution in [3.05, 3.63) is 77.6 Å². The van der Waals surface area contributed by atoms with Gasteiger partial charge in [-0.1, -0.05) is 18.2 Å². The summed E-state index contributed by atoms with van der Waals surface area (Å²) in [6.07, 6.45) is 3.87. The Balaban J connectivity index is 1.59. The lowest BCUT2D eigenvalue weighted by Crippen LogP contribution is -2.47. The van der Waals surface area contributed by atoms with Crippen molar-refractivity contribution >= 4 is 17.8 Å². The first-order valence-corrected chi connectivity index (χ1v) is 13.6. The molecule has 0 atom stereocenters. The number of carboxylic acids is 2. The molecule has 1 amide bonds. The van der Waals surface area contributed by atoms with Crippen LogP contribution in [0.15, 0.2) is 60.9 Å². The first-order chi connectivity index (χ1) is 19.8. The maximum atomic E-state index is 13.5. The molecule has 1 fully saturated rings. The van der Waals surface area contributed by atoms with Gasteiger partial charge in [-0.3, -0.25) is 19.4 Å². The van der Waals surface area contributed by atoms with Crippen molar-refractivity contribution in [3.8, 4) is 22.6 Å². The topological polar surface area (TPSA) is 130 Å². The SMILES string of the molecule is CN1CCN(C(=O)c2cc(OCc3cccc(OCCCC(=O)O)c3CCC(=O)O)cc(-c3cccnc3)c2)CC1. The lowest BCUT2D eigenvalue weighted by molar-refractivity contribution is -0.138. The summed E-state index contributed by atoms with van der Waals surface area (Å²) in [7, 11) is 2.04. The van der Waals surface area contributed by atoms with Crippen molar-refractivity contribution in [3.63, 3.8) is 0 Å². The van der Waals surface area contributed by atoms with Crippen LogP contribution in [0.4, 0.5) is 0 Å². The molecule has 0 radical (unpaired) electrons. The third-order valence-electron chi connectivity index (χ3n) is 6.94. The van der Waals surface area contributed by atoms with Crippen molar-refractivity contribution in [2.24, 2.45) is 0 Å². The number of aromatic nitrogens is 1. The summed E-state index contributed by atoms with van der Waals surface area (Å²) in [4.78, 5) is 43.9. The lowest BCUT2D eigenvalue weighted by Gasteiger charge is -2.32. The van der Waals surface area contributed by atoms with Crippen LogP contribution >= 0.6 is 0 Å². The van der Waals surface area contributed by atoms with Gasteiger partial charge in [0.1, 0.15) is 18.1 Å². The van der Waals surface area contributed by atoms with E-state index in [0.717, 1.165) is 29.8 Å². The Hall–Kier alpha value is -4.44. The number of piperazine rings is 1. The van der Waals surface area contributed by atoms with Gasteiger partial charge in [-0.2, -0.15) is 0 Å². The van der Waals surface area contributed by atoms with Crippen LogP contribution in [0.25, 0.3) is 11.1 Å². The molecule has 216 valence electrons. The van der Waals surface area contributed by atoms with Crippen molar-refractivity contribution < 1.29 is 34.1 Å². The smallest absolute Gasteiger partial charge is 0.303 e. The number of carbonyl (C=O) groups is 3. The second-order valence-electron chi connectivity index (χ2n) is 10.0. The first kappa shape index (κ1) is 29.5. The molecule has 4 rings (SSSR count). The third-order valence-corrected chi connectivity index (χ3v) is 6.94. The van der Waals surface area contributed by atoms with Crippen LogP contribution in [0.2, 0.25) is 0 Å².